The maximum absolute atomic E-state index is 13.0. The molecule has 2 aliphatic rings. The van der Waals surface area contributed by atoms with Crippen LogP contribution in [0.15, 0.2) is 47.1 Å². The summed E-state index contributed by atoms with van der Waals surface area (Å²) < 4.78 is 5.70. The molecule has 0 atom stereocenters. The predicted octanol–water partition coefficient (Wildman–Crippen LogP) is 2.42. The zero-order valence-corrected chi connectivity index (χ0v) is 17.4. The topological polar surface area (TPSA) is 74.1 Å². The van der Waals surface area contributed by atoms with Crippen LogP contribution in [-0.2, 0) is 20.8 Å². The molecule has 0 unspecified atom stereocenters. The highest BCUT2D eigenvalue weighted by Gasteiger charge is 2.31. The summed E-state index contributed by atoms with van der Waals surface area (Å²) in [6, 6.07) is 12.0. The van der Waals surface area contributed by atoms with E-state index in [9.17, 15) is 14.4 Å². The summed E-state index contributed by atoms with van der Waals surface area (Å²) in [4.78, 5) is 42.8. The summed E-state index contributed by atoms with van der Waals surface area (Å²) >= 11 is 0. The standard InChI is InChI=1S/C24H25N3O4/c28-21(15-18-16-31-20-8-7-17-5-1-2-6-19(17)22(18)20)25-11-13-27(14-12-25)24(30)23(29)26-9-3-4-10-26/h1-2,5-8,16H,3-4,9-15H2. The number of nitrogens with zero attached hydrogens (tertiary/aromatic N) is 3. The number of fused-ring (bicyclic) bond motifs is 3. The van der Waals surface area contributed by atoms with E-state index < -0.39 is 11.8 Å². The maximum atomic E-state index is 13.0. The highest BCUT2D eigenvalue weighted by Crippen LogP contribution is 2.30. The van der Waals surface area contributed by atoms with Crippen molar-refractivity contribution in [1.82, 2.24) is 14.7 Å². The number of carbonyl (C=O) groups is 3. The first-order chi connectivity index (χ1) is 15.1. The van der Waals surface area contributed by atoms with Crippen molar-refractivity contribution < 1.29 is 18.8 Å². The Balaban J connectivity index is 1.25. The number of hydrogen-bond acceptors (Lipinski definition) is 4. The van der Waals surface area contributed by atoms with E-state index in [4.69, 9.17) is 4.42 Å². The lowest BCUT2D eigenvalue weighted by Gasteiger charge is -2.35. The third kappa shape index (κ3) is 3.65. The van der Waals surface area contributed by atoms with E-state index in [1.54, 1.807) is 21.0 Å². The van der Waals surface area contributed by atoms with Crippen molar-refractivity contribution >= 4 is 39.5 Å². The second kappa shape index (κ2) is 8.06. The van der Waals surface area contributed by atoms with Gasteiger partial charge in [0.25, 0.3) is 0 Å². The number of hydrogen-bond donors (Lipinski definition) is 0. The normalized spacial score (nSPS) is 17.0. The van der Waals surface area contributed by atoms with Gasteiger partial charge in [-0.3, -0.25) is 14.4 Å². The van der Waals surface area contributed by atoms with Crippen molar-refractivity contribution in [3.05, 3.63) is 48.2 Å². The maximum Gasteiger partial charge on any atom is 0.312 e. The van der Waals surface area contributed by atoms with Crippen molar-refractivity contribution in [1.29, 1.82) is 0 Å². The number of amides is 3. The predicted molar refractivity (Wildman–Crippen MR) is 116 cm³/mol. The van der Waals surface area contributed by atoms with Crippen LogP contribution in [0.4, 0.5) is 0 Å². The number of rotatable bonds is 2. The van der Waals surface area contributed by atoms with E-state index in [-0.39, 0.29) is 12.3 Å². The van der Waals surface area contributed by atoms with Crippen molar-refractivity contribution in [2.24, 2.45) is 0 Å². The highest BCUT2D eigenvalue weighted by molar-refractivity contribution is 6.35. The molecule has 3 heterocycles. The van der Waals surface area contributed by atoms with E-state index in [0.717, 1.165) is 40.1 Å². The minimum Gasteiger partial charge on any atom is -0.464 e. The molecule has 0 N–H and O–H groups in total. The molecule has 7 heteroatoms. The second-order valence-electron chi connectivity index (χ2n) is 8.27. The molecule has 0 spiro atoms. The fourth-order valence-corrected chi connectivity index (χ4v) is 4.63. The first-order valence-electron chi connectivity index (χ1n) is 10.9. The molecule has 0 bridgehead atoms. The molecule has 0 saturated carbocycles. The lowest BCUT2D eigenvalue weighted by atomic mass is 10.0. The molecule has 3 amide bonds. The third-order valence-corrected chi connectivity index (χ3v) is 6.38. The lowest BCUT2D eigenvalue weighted by molar-refractivity contribution is -0.153. The average Bonchev–Trinajstić information content (AvgIpc) is 3.49. The van der Waals surface area contributed by atoms with Gasteiger partial charge in [-0.2, -0.15) is 0 Å². The van der Waals surface area contributed by atoms with E-state index >= 15 is 0 Å². The summed E-state index contributed by atoms with van der Waals surface area (Å²) in [6.07, 6.45) is 3.84. The monoisotopic (exact) mass is 419 g/mol. The molecule has 0 aliphatic carbocycles. The van der Waals surface area contributed by atoms with Crippen molar-refractivity contribution in [2.75, 3.05) is 39.3 Å². The fourth-order valence-electron chi connectivity index (χ4n) is 4.63. The molecule has 160 valence electrons. The van der Waals surface area contributed by atoms with Gasteiger partial charge in [0.15, 0.2) is 0 Å². The summed E-state index contributed by atoms with van der Waals surface area (Å²) in [7, 11) is 0. The van der Waals surface area contributed by atoms with E-state index in [0.29, 0.717) is 39.3 Å². The molecule has 2 aliphatic heterocycles. The second-order valence-corrected chi connectivity index (χ2v) is 8.27. The minimum atomic E-state index is -0.443. The van der Waals surface area contributed by atoms with Crippen LogP contribution in [-0.4, -0.2) is 71.7 Å². The molecule has 0 radical (unpaired) electrons. The number of benzene rings is 2. The molecular weight excluding hydrogens is 394 g/mol. The van der Waals surface area contributed by atoms with E-state index in [2.05, 4.69) is 0 Å². The van der Waals surface area contributed by atoms with Gasteiger partial charge in [0, 0.05) is 50.2 Å². The van der Waals surface area contributed by atoms with E-state index in [1.807, 2.05) is 36.4 Å². The van der Waals surface area contributed by atoms with Crippen molar-refractivity contribution in [2.45, 2.75) is 19.3 Å². The van der Waals surface area contributed by atoms with E-state index in [1.165, 1.54) is 0 Å². The summed E-state index contributed by atoms with van der Waals surface area (Å²) in [5, 5.41) is 3.17. The third-order valence-electron chi connectivity index (χ3n) is 6.38. The molecule has 1 aromatic heterocycles. The number of furan rings is 1. The van der Waals surface area contributed by atoms with Gasteiger partial charge in [0.1, 0.15) is 5.58 Å². The van der Waals surface area contributed by atoms with Gasteiger partial charge in [0.05, 0.1) is 12.7 Å². The Morgan fingerprint density at radius 2 is 1.42 bits per heavy atom. The zero-order chi connectivity index (χ0) is 21.4. The van der Waals surface area contributed by atoms with Crippen LogP contribution < -0.4 is 0 Å². The Labute approximate surface area is 180 Å². The van der Waals surface area contributed by atoms with Crippen LogP contribution in [0.25, 0.3) is 21.7 Å². The average molecular weight is 419 g/mol. The highest BCUT2D eigenvalue weighted by atomic mass is 16.3. The van der Waals surface area contributed by atoms with Crippen LogP contribution in [0, 0.1) is 0 Å². The molecule has 2 aromatic carbocycles. The van der Waals surface area contributed by atoms with Gasteiger partial charge < -0.3 is 19.1 Å². The van der Waals surface area contributed by atoms with Gasteiger partial charge in [-0.05, 0) is 29.7 Å². The molecule has 7 nitrogen and oxygen atoms in total. The molecular formula is C24H25N3O4. The number of piperazine rings is 1. The molecule has 31 heavy (non-hydrogen) atoms. The Morgan fingerprint density at radius 1 is 0.774 bits per heavy atom. The Hall–Kier alpha value is -3.35. The van der Waals surface area contributed by atoms with Crippen LogP contribution in [0.1, 0.15) is 18.4 Å². The smallest absolute Gasteiger partial charge is 0.312 e. The van der Waals surface area contributed by atoms with Crippen LogP contribution >= 0.6 is 0 Å². The molecule has 3 aromatic rings. The van der Waals surface area contributed by atoms with Crippen LogP contribution in [0.2, 0.25) is 0 Å². The Bertz CT molecular complexity index is 1150. The fraction of sp³-hybridized carbons (Fsp3) is 0.375. The first-order valence-corrected chi connectivity index (χ1v) is 10.9. The molecule has 2 fully saturated rings. The molecule has 2 saturated heterocycles. The van der Waals surface area contributed by atoms with Gasteiger partial charge in [-0.15, -0.1) is 0 Å². The largest absolute Gasteiger partial charge is 0.464 e. The molecule has 5 rings (SSSR count). The minimum absolute atomic E-state index is 0.00797. The van der Waals surface area contributed by atoms with Gasteiger partial charge >= 0.3 is 11.8 Å². The Kier molecular flexibility index (Phi) is 5.10. The van der Waals surface area contributed by atoms with Crippen LogP contribution in [0.5, 0.6) is 0 Å². The van der Waals surface area contributed by atoms with Crippen molar-refractivity contribution in [3.63, 3.8) is 0 Å². The first kappa shape index (κ1) is 19.6. The summed E-state index contributed by atoms with van der Waals surface area (Å²) in [5.41, 5.74) is 1.65. The van der Waals surface area contributed by atoms with Gasteiger partial charge in [-0.1, -0.05) is 30.3 Å². The lowest BCUT2D eigenvalue weighted by Crippen LogP contribution is -2.54. The quantitative estimate of drug-likeness (QED) is 0.598. The Morgan fingerprint density at radius 3 is 2.16 bits per heavy atom. The van der Waals surface area contributed by atoms with Crippen LogP contribution in [0.3, 0.4) is 0 Å². The van der Waals surface area contributed by atoms with Gasteiger partial charge in [-0.25, -0.2) is 0 Å². The van der Waals surface area contributed by atoms with Gasteiger partial charge in [0.2, 0.25) is 5.91 Å². The SMILES string of the molecule is O=C(Cc1coc2ccc3ccccc3c12)N1CCN(C(=O)C(=O)N2CCCC2)CC1. The number of likely N-dealkylation sites (tertiary alicyclic amines) is 1. The summed E-state index contributed by atoms with van der Waals surface area (Å²) in [5.74, 6) is -0.844. The zero-order valence-electron chi connectivity index (χ0n) is 17.4. The number of carbonyl (C=O) groups excluding carboxylic acids is 3. The summed E-state index contributed by atoms with van der Waals surface area (Å²) in [6.45, 7) is 2.98. The van der Waals surface area contributed by atoms with Crippen molar-refractivity contribution in [3.8, 4) is 0 Å².